The Kier molecular flexibility index (Phi) is 4.41. The highest BCUT2D eigenvalue weighted by atomic mass is 32.2. The van der Waals surface area contributed by atoms with Crippen LogP contribution in [0.5, 0.6) is 5.75 Å². The van der Waals surface area contributed by atoms with Gasteiger partial charge in [0, 0.05) is 11.8 Å². The predicted molar refractivity (Wildman–Crippen MR) is 74.6 cm³/mol. The van der Waals surface area contributed by atoms with E-state index in [1.807, 2.05) is 6.26 Å². The van der Waals surface area contributed by atoms with E-state index in [4.69, 9.17) is 5.73 Å². The minimum Gasteiger partial charge on any atom is -0.406 e. The molecule has 1 aromatic heterocycles. The van der Waals surface area contributed by atoms with Crippen LogP contribution >= 0.6 is 11.8 Å². The number of rotatable bonds is 4. The highest BCUT2D eigenvalue weighted by Crippen LogP contribution is 2.25. The normalized spacial score (nSPS) is 11.2. The van der Waals surface area contributed by atoms with E-state index < -0.39 is 6.36 Å². The maximum absolute atomic E-state index is 12.0. The SMILES string of the molecule is CSc1nc(N)cc(Nc2ccc(OC(F)(F)F)cc2)n1. The molecule has 0 unspecified atom stereocenters. The molecule has 5 nitrogen and oxygen atoms in total. The topological polar surface area (TPSA) is 73.1 Å². The molecule has 0 fully saturated rings. The van der Waals surface area contributed by atoms with Crippen molar-refractivity contribution in [1.29, 1.82) is 0 Å². The van der Waals surface area contributed by atoms with Crippen molar-refractivity contribution >= 4 is 29.1 Å². The van der Waals surface area contributed by atoms with E-state index in [1.165, 1.54) is 42.1 Å². The summed E-state index contributed by atoms with van der Waals surface area (Å²) >= 11 is 1.33. The molecule has 3 N–H and O–H groups in total. The fourth-order valence-corrected chi connectivity index (χ4v) is 1.87. The van der Waals surface area contributed by atoms with Crippen LogP contribution in [0.3, 0.4) is 0 Å². The third-order valence-electron chi connectivity index (χ3n) is 2.27. The van der Waals surface area contributed by atoms with Crippen LogP contribution in [0, 0.1) is 0 Å². The van der Waals surface area contributed by atoms with Gasteiger partial charge in [-0.15, -0.1) is 13.2 Å². The van der Waals surface area contributed by atoms with Gasteiger partial charge in [-0.1, -0.05) is 11.8 Å². The molecule has 0 radical (unpaired) electrons. The van der Waals surface area contributed by atoms with E-state index in [1.54, 1.807) is 0 Å². The first-order valence-electron chi connectivity index (χ1n) is 5.67. The Labute approximate surface area is 122 Å². The molecule has 0 aliphatic rings. The number of halogens is 3. The quantitative estimate of drug-likeness (QED) is 0.665. The number of hydrogen-bond acceptors (Lipinski definition) is 6. The zero-order valence-corrected chi connectivity index (χ0v) is 11.6. The van der Waals surface area contributed by atoms with Gasteiger partial charge in [-0.05, 0) is 30.5 Å². The molecule has 0 bridgehead atoms. The van der Waals surface area contributed by atoms with Crippen LogP contribution in [0.4, 0.5) is 30.5 Å². The highest BCUT2D eigenvalue weighted by molar-refractivity contribution is 7.98. The molecule has 2 rings (SSSR count). The molecule has 112 valence electrons. The number of alkyl halides is 3. The van der Waals surface area contributed by atoms with E-state index in [-0.39, 0.29) is 5.75 Å². The fourth-order valence-electron chi connectivity index (χ4n) is 1.49. The number of aromatic nitrogens is 2. The Morgan fingerprint density at radius 2 is 1.86 bits per heavy atom. The second kappa shape index (κ2) is 6.08. The summed E-state index contributed by atoms with van der Waals surface area (Å²) in [5.41, 5.74) is 6.18. The van der Waals surface area contributed by atoms with Crippen LogP contribution in [0.25, 0.3) is 0 Å². The van der Waals surface area contributed by atoms with Crippen LogP contribution in [0.2, 0.25) is 0 Å². The van der Waals surface area contributed by atoms with E-state index >= 15 is 0 Å². The Hall–Kier alpha value is -2.16. The summed E-state index contributed by atoms with van der Waals surface area (Å²) in [6, 6.07) is 6.82. The van der Waals surface area contributed by atoms with Gasteiger partial charge in [0.05, 0.1) is 0 Å². The van der Waals surface area contributed by atoms with Gasteiger partial charge in [-0.25, -0.2) is 9.97 Å². The standard InChI is InChI=1S/C12H11F3N4OS/c1-21-11-18-9(16)6-10(19-11)17-7-2-4-8(5-3-7)20-12(13,14)15/h2-6H,1H3,(H3,16,17,18,19). The summed E-state index contributed by atoms with van der Waals surface area (Å²) in [5.74, 6) is 0.463. The van der Waals surface area contributed by atoms with E-state index in [0.29, 0.717) is 22.5 Å². The average molecular weight is 316 g/mol. The van der Waals surface area contributed by atoms with Gasteiger partial charge in [-0.3, -0.25) is 0 Å². The number of benzene rings is 1. The highest BCUT2D eigenvalue weighted by Gasteiger charge is 2.30. The first-order valence-corrected chi connectivity index (χ1v) is 6.89. The fraction of sp³-hybridized carbons (Fsp3) is 0.167. The molecule has 0 saturated heterocycles. The molecule has 1 heterocycles. The summed E-state index contributed by atoms with van der Waals surface area (Å²) in [6.07, 6.45) is -2.90. The third-order valence-corrected chi connectivity index (χ3v) is 2.82. The van der Waals surface area contributed by atoms with Crippen LogP contribution in [-0.4, -0.2) is 22.6 Å². The summed E-state index contributed by atoms with van der Waals surface area (Å²) in [4.78, 5) is 8.17. The van der Waals surface area contributed by atoms with Crippen molar-refractivity contribution in [3.63, 3.8) is 0 Å². The van der Waals surface area contributed by atoms with E-state index in [0.717, 1.165) is 0 Å². The monoisotopic (exact) mass is 316 g/mol. The van der Waals surface area contributed by atoms with Crippen LogP contribution in [0.15, 0.2) is 35.5 Å². The lowest BCUT2D eigenvalue weighted by Crippen LogP contribution is -2.16. The first-order chi connectivity index (χ1) is 9.85. The van der Waals surface area contributed by atoms with Crippen molar-refractivity contribution in [2.45, 2.75) is 11.5 Å². The van der Waals surface area contributed by atoms with Crippen LogP contribution < -0.4 is 15.8 Å². The number of nitrogens with one attached hydrogen (secondary N) is 1. The van der Waals surface area contributed by atoms with E-state index in [2.05, 4.69) is 20.0 Å². The molecule has 0 saturated carbocycles. The predicted octanol–water partition coefficient (Wildman–Crippen LogP) is 3.42. The lowest BCUT2D eigenvalue weighted by atomic mass is 10.3. The smallest absolute Gasteiger partial charge is 0.406 e. The maximum Gasteiger partial charge on any atom is 0.573 e. The molecule has 0 atom stereocenters. The van der Waals surface area contributed by atoms with Gasteiger partial charge in [0.25, 0.3) is 0 Å². The van der Waals surface area contributed by atoms with Crippen molar-refractivity contribution in [1.82, 2.24) is 9.97 Å². The van der Waals surface area contributed by atoms with Gasteiger partial charge in [0.1, 0.15) is 17.4 Å². The minimum atomic E-state index is -4.71. The summed E-state index contributed by atoms with van der Waals surface area (Å²) in [6.45, 7) is 0. The van der Waals surface area contributed by atoms with Crippen molar-refractivity contribution in [2.75, 3.05) is 17.3 Å². The summed E-state index contributed by atoms with van der Waals surface area (Å²) in [7, 11) is 0. The zero-order chi connectivity index (χ0) is 15.5. The Balaban J connectivity index is 2.11. The molecule has 9 heteroatoms. The maximum atomic E-state index is 12.0. The Morgan fingerprint density at radius 1 is 1.19 bits per heavy atom. The first kappa shape index (κ1) is 15.2. The number of nitrogens with zero attached hydrogens (tertiary/aromatic N) is 2. The van der Waals surface area contributed by atoms with Gasteiger partial charge in [0.15, 0.2) is 5.16 Å². The Morgan fingerprint density at radius 3 is 2.43 bits per heavy atom. The zero-order valence-electron chi connectivity index (χ0n) is 10.8. The average Bonchev–Trinajstić information content (AvgIpc) is 2.38. The molecule has 0 amide bonds. The van der Waals surface area contributed by atoms with E-state index in [9.17, 15) is 13.2 Å². The van der Waals surface area contributed by atoms with Crippen molar-refractivity contribution in [2.24, 2.45) is 0 Å². The molecule has 0 aliphatic carbocycles. The van der Waals surface area contributed by atoms with Crippen molar-refractivity contribution in [3.05, 3.63) is 30.3 Å². The number of thioether (sulfide) groups is 1. The molecule has 21 heavy (non-hydrogen) atoms. The van der Waals surface area contributed by atoms with Crippen molar-refractivity contribution in [3.8, 4) is 5.75 Å². The van der Waals surface area contributed by atoms with Gasteiger partial charge in [-0.2, -0.15) is 0 Å². The number of hydrogen-bond donors (Lipinski definition) is 2. The second-order valence-electron chi connectivity index (χ2n) is 3.86. The largest absolute Gasteiger partial charge is 0.573 e. The molecular weight excluding hydrogens is 305 g/mol. The summed E-state index contributed by atoms with van der Waals surface area (Å²) in [5, 5.41) is 3.42. The van der Waals surface area contributed by atoms with Crippen LogP contribution in [-0.2, 0) is 0 Å². The lowest BCUT2D eigenvalue weighted by Gasteiger charge is -2.10. The molecule has 0 aliphatic heterocycles. The third kappa shape index (κ3) is 4.71. The minimum absolute atomic E-state index is 0.292. The summed E-state index contributed by atoms with van der Waals surface area (Å²) < 4.78 is 39.9. The lowest BCUT2D eigenvalue weighted by molar-refractivity contribution is -0.274. The number of anilines is 3. The second-order valence-corrected chi connectivity index (χ2v) is 4.64. The molecular formula is C12H11F3N4OS. The molecule has 2 aromatic rings. The number of nitrogen functional groups attached to an aromatic ring is 1. The van der Waals surface area contributed by atoms with Crippen LogP contribution in [0.1, 0.15) is 0 Å². The van der Waals surface area contributed by atoms with Gasteiger partial charge in [0.2, 0.25) is 0 Å². The number of nitrogens with two attached hydrogens (primary N) is 1. The molecule has 1 aromatic carbocycles. The van der Waals surface area contributed by atoms with Gasteiger partial charge < -0.3 is 15.8 Å². The van der Waals surface area contributed by atoms with Crippen molar-refractivity contribution < 1.29 is 17.9 Å². The Bertz CT molecular complexity index is 619. The number of ether oxygens (including phenoxy) is 1. The van der Waals surface area contributed by atoms with Gasteiger partial charge >= 0.3 is 6.36 Å². The molecule has 0 spiro atoms.